The molecule has 0 spiro atoms. The first kappa shape index (κ1) is 11.9. The molecule has 0 heterocycles. The number of hydrogen-bond acceptors (Lipinski definition) is 2. The summed E-state index contributed by atoms with van der Waals surface area (Å²) in [6.45, 7) is 4.38. The molecule has 0 radical (unpaired) electrons. The maximum absolute atomic E-state index is 10.8. The number of carbonyl (C=O) groups is 1. The minimum absolute atomic E-state index is 0.275. The molecule has 0 atom stereocenters. The number of carbonyl (C=O) groups excluding carboxylic acids is 1. The second-order valence-electron chi connectivity index (χ2n) is 2.68. The summed E-state index contributed by atoms with van der Waals surface area (Å²) >= 11 is 0. The normalized spacial score (nSPS) is 11.2. The topological polar surface area (TPSA) is 26.3 Å². The Morgan fingerprint density at radius 1 is 1.31 bits per heavy atom. The Hall–Kier alpha value is -1.05. The lowest BCUT2D eigenvalue weighted by Gasteiger charge is -1.92. The van der Waals surface area contributed by atoms with E-state index in [1.165, 1.54) is 18.9 Å². The third kappa shape index (κ3) is 8.86. The van der Waals surface area contributed by atoms with E-state index >= 15 is 0 Å². The highest BCUT2D eigenvalue weighted by molar-refractivity contribution is 5.82. The lowest BCUT2D eigenvalue weighted by molar-refractivity contribution is -0.137. The van der Waals surface area contributed by atoms with Crippen LogP contribution >= 0.6 is 0 Å². The molecule has 0 N–H and O–H groups in total. The van der Waals surface area contributed by atoms with Gasteiger partial charge in [-0.25, -0.2) is 4.79 Å². The predicted octanol–water partition coefficient (Wildman–Crippen LogP) is 2.85. The number of rotatable bonds is 6. The minimum atomic E-state index is -0.275. The number of hydrogen-bond donors (Lipinski definition) is 0. The van der Waals surface area contributed by atoms with E-state index < -0.39 is 0 Å². The minimum Gasteiger partial charge on any atom is -0.463 e. The quantitative estimate of drug-likeness (QED) is 0.273. The molecule has 0 aliphatic rings. The molecule has 0 rings (SSSR count). The summed E-state index contributed by atoms with van der Waals surface area (Å²) in [5, 5.41) is 0. The molecule has 2 nitrogen and oxygen atoms in total. The smallest absolute Gasteiger partial charge is 0.330 e. The zero-order chi connectivity index (χ0) is 9.94. The third-order valence-electron chi connectivity index (χ3n) is 1.49. The molecule has 0 amide bonds. The van der Waals surface area contributed by atoms with E-state index in [1.807, 2.05) is 6.08 Å². The summed E-state index contributed by atoms with van der Waals surface area (Å²) in [6, 6.07) is 0. The fraction of sp³-hybridized carbons (Fsp3) is 0.545. The second-order valence-corrected chi connectivity index (χ2v) is 2.68. The maximum Gasteiger partial charge on any atom is 0.330 e. The van der Waals surface area contributed by atoms with E-state index in [0.717, 1.165) is 6.42 Å². The van der Waals surface area contributed by atoms with E-state index in [9.17, 15) is 4.79 Å². The fourth-order valence-corrected chi connectivity index (χ4v) is 0.821. The van der Waals surface area contributed by atoms with E-state index in [2.05, 4.69) is 13.0 Å². The lowest BCUT2D eigenvalue weighted by atomic mass is 10.2. The van der Waals surface area contributed by atoms with E-state index in [-0.39, 0.29) is 5.97 Å². The van der Waals surface area contributed by atoms with Gasteiger partial charge in [-0.15, -0.1) is 0 Å². The molecule has 0 fully saturated rings. The predicted molar refractivity (Wildman–Crippen MR) is 54.4 cm³/mol. The van der Waals surface area contributed by atoms with E-state index in [0.29, 0.717) is 6.61 Å². The monoisotopic (exact) mass is 182 g/mol. The van der Waals surface area contributed by atoms with Crippen molar-refractivity contribution in [1.82, 2.24) is 0 Å². The molecule has 2 heteroatoms. The Labute approximate surface area is 80.3 Å². The molecular weight excluding hydrogens is 164 g/mol. The molecule has 0 aromatic rings. The molecule has 0 saturated carbocycles. The van der Waals surface area contributed by atoms with Gasteiger partial charge < -0.3 is 4.74 Å². The number of allylic oxidation sites excluding steroid dienone is 3. The standard InChI is InChI=1S/C11H18O2/c1-3-5-6-7-8-9-10-11(12)13-4-2/h7-10H,3-6H2,1-2H3. The van der Waals surface area contributed by atoms with Gasteiger partial charge in [0.25, 0.3) is 0 Å². The average Bonchev–Trinajstić information content (AvgIpc) is 2.11. The maximum atomic E-state index is 10.8. The first-order valence-electron chi connectivity index (χ1n) is 4.81. The summed E-state index contributed by atoms with van der Waals surface area (Å²) < 4.78 is 4.71. The summed E-state index contributed by atoms with van der Waals surface area (Å²) in [5.74, 6) is -0.275. The van der Waals surface area contributed by atoms with Gasteiger partial charge in [-0.05, 0) is 13.3 Å². The van der Waals surface area contributed by atoms with Crippen LogP contribution in [0.5, 0.6) is 0 Å². The third-order valence-corrected chi connectivity index (χ3v) is 1.49. The number of esters is 1. The van der Waals surface area contributed by atoms with Crippen molar-refractivity contribution < 1.29 is 9.53 Å². The van der Waals surface area contributed by atoms with Crippen molar-refractivity contribution in [2.24, 2.45) is 0 Å². The highest BCUT2D eigenvalue weighted by atomic mass is 16.5. The van der Waals surface area contributed by atoms with Crippen molar-refractivity contribution in [2.75, 3.05) is 6.61 Å². The van der Waals surface area contributed by atoms with Crippen LogP contribution in [0.25, 0.3) is 0 Å². The van der Waals surface area contributed by atoms with Gasteiger partial charge in [0, 0.05) is 6.08 Å². The van der Waals surface area contributed by atoms with Gasteiger partial charge in [0.1, 0.15) is 0 Å². The van der Waals surface area contributed by atoms with Crippen LogP contribution in [0.2, 0.25) is 0 Å². The van der Waals surface area contributed by atoms with Crippen LogP contribution < -0.4 is 0 Å². The highest BCUT2D eigenvalue weighted by Gasteiger charge is 1.89. The van der Waals surface area contributed by atoms with Crippen molar-refractivity contribution in [3.05, 3.63) is 24.3 Å². The van der Waals surface area contributed by atoms with Crippen LogP contribution in [0.3, 0.4) is 0 Å². The molecule has 0 aromatic carbocycles. The number of unbranched alkanes of at least 4 members (excludes halogenated alkanes) is 2. The van der Waals surface area contributed by atoms with Gasteiger partial charge in [-0.1, -0.05) is 38.0 Å². The number of ether oxygens (including phenoxy) is 1. The zero-order valence-electron chi connectivity index (χ0n) is 8.45. The first-order chi connectivity index (χ1) is 6.31. The average molecular weight is 182 g/mol. The molecule has 0 bridgehead atoms. The van der Waals surface area contributed by atoms with Crippen molar-refractivity contribution in [3.63, 3.8) is 0 Å². The molecule has 0 aromatic heterocycles. The van der Waals surface area contributed by atoms with Crippen LogP contribution in [0, 0.1) is 0 Å². The Balaban J connectivity index is 3.49. The van der Waals surface area contributed by atoms with E-state index in [4.69, 9.17) is 4.74 Å². The van der Waals surface area contributed by atoms with Gasteiger partial charge in [0.15, 0.2) is 0 Å². The first-order valence-corrected chi connectivity index (χ1v) is 4.81. The van der Waals surface area contributed by atoms with E-state index in [1.54, 1.807) is 13.0 Å². The Kier molecular flexibility index (Phi) is 8.31. The van der Waals surface area contributed by atoms with Gasteiger partial charge in [0.2, 0.25) is 0 Å². The molecular formula is C11H18O2. The Morgan fingerprint density at radius 3 is 2.69 bits per heavy atom. The highest BCUT2D eigenvalue weighted by Crippen LogP contribution is 1.94. The molecule has 74 valence electrons. The lowest BCUT2D eigenvalue weighted by Crippen LogP contribution is -1.98. The van der Waals surface area contributed by atoms with Gasteiger partial charge in [-0.3, -0.25) is 0 Å². The SMILES string of the molecule is CCCCC=CC=CC(=O)OCC. The van der Waals surface area contributed by atoms with Crippen molar-refractivity contribution in [2.45, 2.75) is 33.1 Å². The van der Waals surface area contributed by atoms with Crippen LogP contribution in [-0.4, -0.2) is 12.6 Å². The van der Waals surface area contributed by atoms with Crippen LogP contribution in [0.1, 0.15) is 33.1 Å². The van der Waals surface area contributed by atoms with Crippen LogP contribution in [0.4, 0.5) is 0 Å². The Bertz CT molecular complexity index is 181. The van der Waals surface area contributed by atoms with Gasteiger partial charge >= 0.3 is 5.97 Å². The molecule has 0 aliphatic heterocycles. The van der Waals surface area contributed by atoms with Gasteiger partial charge in [-0.2, -0.15) is 0 Å². The molecule has 0 saturated heterocycles. The Morgan fingerprint density at radius 2 is 2.08 bits per heavy atom. The molecule has 0 aliphatic carbocycles. The fourth-order valence-electron chi connectivity index (χ4n) is 0.821. The van der Waals surface area contributed by atoms with Crippen molar-refractivity contribution in [1.29, 1.82) is 0 Å². The van der Waals surface area contributed by atoms with Crippen LogP contribution in [0.15, 0.2) is 24.3 Å². The zero-order valence-corrected chi connectivity index (χ0v) is 8.45. The summed E-state index contributed by atoms with van der Waals surface area (Å²) in [6.07, 6.45) is 10.6. The molecule has 0 unspecified atom stereocenters. The molecule has 13 heavy (non-hydrogen) atoms. The summed E-state index contributed by atoms with van der Waals surface area (Å²) in [5.41, 5.74) is 0. The van der Waals surface area contributed by atoms with Gasteiger partial charge in [0.05, 0.1) is 6.61 Å². The summed E-state index contributed by atoms with van der Waals surface area (Å²) in [4.78, 5) is 10.8. The summed E-state index contributed by atoms with van der Waals surface area (Å²) in [7, 11) is 0. The second kappa shape index (κ2) is 9.04. The van der Waals surface area contributed by atoms with Crippen molar-refractivity contribution >= 4 is 5.97 Å². The van der Waals surface area contributed by atoms with Crippen molar-refractivity contribution in [3.8, 4) is 0 Å². The van der Waals surface area contributed by atoms with Crippen LogP contribution in [-0.2, 0) is 9.53 Å². The largest absolute Gasteiger partial charge is 0.463 e.